The van der Waals surface area contributed by atoms with Crippen molar-refractivity contribution < 1.29 is 19.0 Å². The first kappa shape index (κ1) is 14.1. The van der Waals surface area contributed by atoms with E-state index in [9.17, 15) is 9.18 Å². The van der Waals surface area contributed by atoms with Gasteiger partial charge in [-0.25, -0.2) is 9.18 Å². The van der Waals surface area contributed by atoms with Gasteiger partial charge in [-0.3, -0.25) is 0 Å². The Bertz CT molecular complexity index is 668. The lowest BCUT2D eigenvalue weighted by Gasteiger charge is -2.08. The highest BCUT2D eigenvalue weighted by atomic mass is 35.5. The summed E-state index contributed by atoms with van der Waals surface area (Å²) in [6.07, 6.45) is 2.43. The molecule has 0 amide bonds. The molecule has 0 aliphatic carbocycles. The van der Waals surface area contributed by atoms with Crippen LogP contribution in [0.3, 0.4) is 0 Å². The Labute approximate surface area is 119 Å². The second kappa shape index (κ2) is 6.21. The van der Waals surface area contributed by atoms with E-state index in [2.05, 4.69) is 0 Å². The third-order valence-electron chi connectivity index (χ3n) is 2.40. The van der Waals surface area contributed by atoms with Gasteiger partial charge in [0.2, 0.25) is 0 Å². The summed E-state index contributed by atoms with van der Waals surface area (Å²) in [5.74, 6) is -0.744. The summed E-state index contributed by atoms with van der Waals surface area (Å²) in [7, 11) is 0. The van der Waals surface area contributed by atoms with Gasteiger partial charge in [0.1, 0.15) is 17.3 Å². The fraction of sp³-hybridized carbons (Fsp3) is 0. The molecule has 0 heterocycles. The number of rotatable bonds is 4. The van der Waals surface area contributed by atoms with Crippen LogP contribution in [0.2, 0.25) is 5.02 Å². The molecule has 0 unspecified atom stereocenters. The van der Waals surface area contributed by atoms with Crippen LogP contribution in [0.1, 0.15) is 5.56 Å². The van der Waals surface area contributed by atoms with Crippen LogP contribution in [0, 0.1) is 5.82 Å². The van der Waals surface area contributed by atoms with Crippen molar-refractivity contribution >= 4 is 23.6 Å². The van der Waals surface area contributed by atoms with E-state index in [1.807, 2.05) is 0 Å². The van der Waals surface area contributed by atoms with E-state index in [0.29, 0.717) is 22.1 Å². The molecule has 1 N–H and O–H groups in total. The Morgan fingerprint density at radius 2 is 2.05 bits per heavy atom. The molecule has 5 heteroatoms. The Morgan fingerprint density at radius 1 is 1.25 bits per heavy atom. The van der Waals surface area contributed by atoms with Crippen LogP contribution in [0.25, 0.3) is 6.08 Å². The Hall–Kier alpha value is -2.33. The van der Waals surface area contributed by atoms with Crippen LogP contribution in [0.5, 0.6) is 11.5 Å². The predicted molar refractivity (Wildman–Crippen MR) is 74.6 cm³/mol. The van der Waals surface area contributed by atoms with Crippen molar-refractivity contribution in [2.45, 2.75) is 0 Å². The van der Waals surface area contributed by atoms with Crippen molar-refractivity contribution in [2.24, 2.45) is 0 Å². The minimum atomic E-state index is -1.04. The van der Waals surface area contributed by atoms with Gasteiger partial charge in [0.25, 0.3) is 0 Å². The highest BCUT2D eigenvalue weighted by Gasteiger charge is 2.04. The molecule has 0 aliphatic heterocycles. The normalized spacial score (nSPS) is 10.7. The van der Waals surface area contributed by atoms with E-state index in [1.165, 1.54) is 24.3 Å². The van der Waals surface area contributed by atoms with Gasteiger partial charge in [-0.1, -0.05) is 23.7 Å². The molecule has 0 aliphatic rings. The molecule has 0 atom stereocenters. The first-order valence-electron chi connectivity index (χ1n) is 5.68. The van der Waals surface area contributed by atoms with Gasteiger partial charge in [0.05, 0.1) is 5.02 Å². The van der Waals surface area contributed by atoms with E-state index in [-0.39, 0.29) is 0 Å². The second-order valence-corrected chi connectivity index (χ2v) is 4.33. The maximum atomic E-state index is 13.0. The molecule has 2 rings (SSSR count). The van der Waals surface area contributed by atoms with Crippen molar-refractivity contribution in [3.05, 3.63) is 64.9 Å². The quantitative estimate of drug-likeness (QED) is 0.851. The van der Waals surface area contributed by atoms with E-state index in [1.54, 1.807) is 24.3 Å². The van der Waals surface area contributed by atoms with Gasteiger partial charge >= 0.3 is 5.97 Å². The molecule has 0 saturated carbocycles. The van der Waals surface area contributed by atoms with Crippen molar-refractivity contribution in [1.29, 1.82) is 0 Å². The van der Waals surface area contributed by atoms with Crippen molar-refractivity contribution in [2.75, 3.05) is 0 Å². The second-order valence-electron chi connectivity index (χ2n) is 3.92. The van der Waals surface area contributed by atoms with Crippen molar-refractivity contribution in [3.63, 3.8) is 0 Å². The smallest absolute Gasteiger partial charge is 0.328 e. The standard InChI is InChI=1S/C15H10ClFO3/c16-13-8-10(5-7-15(18)19)4-6-14(13)20-12-3-1-2-11(17)9-12/h1-9H,(H,18,19)/b7-5+. The van der Waals surface area contributed by atoms with Gasteiger partial charge in [-0.15, -0.1) is 0 Å². The number of hydrogen-bond donors (Lipinski definition) is 1. The fourth-order valence-electron chi connectivity index (χ4n) is 1.53. The summed E-state index contributed by atoms with van der Waals surface area (Å²) in [6, 6.07) is 10.5. The summed E-state index contributed by atoms with van der Waals surface area (Å²) in [6.45, 7) is 0. The topological polar surface area (TPSA) is 46.5 Å². The molecule has 20 heavy (non-hydrogen) atoms. The number of carboxylic acids is 1. The molecule has 3 nitrogen and oxygen atoms in total. The highest BCUT2D eigenvalue weighted by Crippen LogP contribution is 2.30. The third kappa shape index (κ3) is 3.83. The lowest BCUT2D eigenvalue weighted by molar-refractivity contribution is -0.131. The van der Waals surface area contributed by atoms with E-state index in [0.717, 1.165) is 6.08 Å². The molecular weight excluding hydrogens is 283 g/mol. The number of aliphatic carboxylic acids is 1. The number of carboxylic acid groups (broad SMARTS) is 1. The first-order chi connectivity index (χ1) is 9.54. The zero-order valence-corrected chi connectivity index (χ0v) is 11.0. The number of carbonyl (C=O) groups is 1. The number of benzene rings is 2. The number of ether oxygens (including phenoxy) is 1. The molecule has 0 aromatic heterocycles. The molecule has 2 aromatic rings. The molecule has 0 bridgehead atoms. The monoisotopic (exact) mass is 292 g/mol. The highest BCUT2D eigenvalue weighted by molar-refractivity contribution is 6.32. The van der Waals surface area contributed by atoms with Crippen LogP contribution in [0.15, 0.2) is 48.5 Å². The third-order valence-corrected chi connectivity index (χ3v) is 2.69. The van der Waals surface area contributed by atoms with Gasteiger partial charge in [-0.2, -0.15) is 0 Å². The first-order valence-corrected chi connectivity index (χ1v) is 6.06. The van der Waals surface area contributed by atoms with Crippen LogP contribution in [0.4, 0.5) is 4.39 Å². The van der Waals surface area contributed by atoms with E-state index in [4.69, 9.17) is 21.4 Å². The SMILES string of the molecule is O=C(O)/C=C/c1ccc(Oc2cccc(F)c2)c(Cl)c1. The van der Waals surface area contributed by atoms with Crippen molar-refractivity contribution in [3.8, 4) is 11.5 Å². The summed E-state index contributed by atoms with van der Waals surface area (Å²) < 4.78 is 18.5. The summed E-state index contributed by atoms with van der Waals surface area (Å²) in [5, 5.41) is 8.85. The molecule has 102 valence electrons. The van der Waals surface area contributed by atoms with Gasteiger partial charge in [-0.05, 0) is 35.9 Å². The molecule has 0 saturated heterocycles. The average Bonchev–Trinajstić information content (AvgIpc) is 2.39. The maximum absolute atomic E-state index is 13.0. The molecule has 0 radical (unpaired) electrons. The maximum Gasteiger partial charge on any atom is 0.328 e. The Balaban J connectivity index is 2.20. The minimum absolute atomic E-state index is 0.307. The Kier molecular flexibility index (Phi) is 4.38. The van der Waals surface area contributed by atoms with Crippen LogP contribution in [-0.4, -0.2) is 11.1 Å². The zero-order chi connectivity index (χ0) is 14.5. The molecular formula is C15H10ClFO3. The van der Waals surface area contributed by atoms with Gasteiger partial charge in [0.15, 0.2) is 0 Å². The van der Waals surface area contributed by atoms with Gasteiger partial charge in [0, 0.05) is 12.1 Å². The van der Waals surface area contributed by atoms with Gasteiger partial charge < -0.3 is 9.84 Å². The summed E-state index contributed by atoms with van der Waals surface area (Å²) in [5.41, 5.74) is 0.629. The zero-order valence-electron chi connectivity index (χ0n) is 10.2. The number of halogens is 2. The van der Waals surface area contributed by atoms with Crippen LogP contribution < -0.4 is 4.74 Å². The van der Waals surface area contributed by atoms with Crippen LogP contribution >= 0.6 is 11.6 Å². The molecule has 2 aromatic carbocycles. The fourth-order valence-corrected chi connectivity index (χ4v) is 1.76. The lowest BCUT2D eigenvalue weighted by atomic mass is 10.2. The molecule has 0 fully saturated rings. The molecule has 0 spiro atoms. The van der Waals surface area contributed by atoms with Crippen molar-refractivity contribution in [1.82, 2.24) is 0 Å². The van der Waals surface area contributed by atoms with E-state index >= 15 is 0 Å². The predicted octanol–water partition coefficient (Wildman–Crippen LogP) is 4.37. The lowest BCUT2D eigenvalue weighted by Crippen LogP contribution is -1.88. The Morgan fingerprint density at radius 3 is 2.70 bits per heavy atom. The largest absolute Gasteiger partial charge is 0.478 e. The average molecular weight is 293 g/mol. The summed E-state index contributed by atoms with van der Waals surface area (Å²) in [4.78, 5) is 10.4. The van der Waals surface area contributed by atoms with E-state index < -0.39 is 11.8 Å². The minimum Gasteiger partial charge on any atom is -0.478 e. The summed E-state index contributed by atoms with van der Waals surface area (Å²) >= 11 is 6.03. The van der Waals surface area contributed by atoms with Crippen LogP contribution in [-0.2, 0) is 4.79 Å². The number of hydrogen-bond acceptors (Lipinski definition) is 2.